The van der Waals surface area contributed by atoms with Gasteiger partial charge in [-0.15, -0.1) is 0 Å². The minimum atomic E-state index is -0.411. The van der Waals surface area contributed by atoms with Gasteiger partial charge in [-0.25, -0.2) is 4.79 Å². The quantitative estimate of drug-likeness (QED) is 0.845. The lowest BCUT2D eigenvalue weighted by Crippen LogP contribution is -2.42. The van der Waals surface area contributed by atoms with E-state index in [1.165, 1.54) is 6.42 Å². The van der Waals surface area contributed by atoms with E-state index in [0.29, 0.717) is 17.9 Å². The maximum atomic E-state index is 11.9. The van der Waals surface area contributed by atoms with E-state index in [-0.39, 0.29) is 6.09 Å². The lowest BCUT2D eigenvalue weighted by molar-refractivity contribution is 0.0163. The van der Waals surface area contributed by atoms with Gasteiger partial charge in [-0.3, -0.25) is 0 Å². The summed E-state index contributed by atoms with van der Waals surface area (Å²) in [5.74, 6) is 0.684. The molecule has 20 heavy (non-hydrogen) atoms. The predicted molar refractivity (Wildman–Crippen MR) is 80.6 cm³/mol. The molecule has 4 nitrogen and oxygen atoms in total. The number of hydrogen-bond donors (Lipinski definition) is 1. The monoisotopic (exact) mass is 285 g/mol. The van der Waals surface area contributed by atoms with Crippen LogP contribution < -0.4 is 0 Å². The van der Waals surface area contributed by atoms with Crippen LogP contribution in [0.4, 0.5) is 4.79 Å². The number of aliphatic hydroxyl groups excluding tert-OH is 1. The fourth-order valence-corrected chi connectivity index (χ4v) is 3.07. The lowest BCUT2D eigenvalue weighted by Gasteiger charge is -2.34. The first-order valence-electron chi connectivity index (χ1n) is 7.95. The summed E-state index contributed by atoms with van der Waals surface area (Å²) in [4.78, 5) is 13.7. The van der Waals surface area contributed by atoms with Gasteiger partial charge >= 0.3 is 6.09 Å². The van der Waals surface area contributed by atoms with Crippen molar-refractivity contribution in [1.29, 1.82) is 0 Å². The van der Waals surface area contributed by atoms with Crippen LogP contribution in [0, 0.1) is 11.3 Å². The molecule has 1 unspecified atom stereocenters. The largest absolute Gasteiger partial charge is 0.444 e. The van der Waals surface area contributed by atoms with Crippen molar-refractivity contribution in [1.82, 2.24) is 4.90 Å². The van der Waals surface area contributed by atoms with E-state index < -0.39 is 5.60 Å². The zero-order valence-corrected chi connectivity index (χ0v) is 13.7. The second-order valence-corrected chi connectivity index (χ2v) is 6.74. The van der Waals surface area contributed by atoms with Crippen molar-refractivity contribution in [3.8, 4) is 0 Å². The first-order chi connectivity index (χ1) is 9.36. The molecule has 1 N–H and O–H groups in total. The van der Waals surface area contributed by atoms with Crippen molar-refractivity contribution in [2.45, 2.75) is 65.9 Å². The first kappa shape index (κ1) is 17.3. The minimum absolute atomic E-state index is 0.184. The van der Waals surface area contributed by atoms with Gasteiger partial charge in [-0.1, -0.05) is 13.8 Å². The van der Waals surface area contributed by atoms with E-state index >= 15 is 0 Å². The summed E-state index contributed by atoms with van der Waals surface area (Å²) < 4.78 is 5.39. The predicted octanol–water partition coefficient (Wildman–Crippen LogP) is 3.43. The number of amides is 1. The zero-order chi connectivity index (χ0) is 15.4. The number of rotatable bonds is 2. The summed E-state index contributed by atoms with van der Waals surface area (Å²) in [5, 5.41) is 8.97. The van der Waals surface area contributed by atoms with Crippen molar-refractivity contribution < 1.29 is 14.6 Å². The van der Waals surface area contributed by atoms with Gasteiger partial charge in [0.1, 0.15) is 5.60 Å². The average Bonchev–Trinajstić information content (AvgIpc) is 3.03. The van der Waals surface area contributed by atoms with Crippen molar-refractivity contribution in [2.75, 3.05) is 19.7 Å². The summed E-state index contributed by atoms with van der Waals surface area (Å²) >= 11 is 0. The molecule has 0 aromatic rings. The van der Waals surface area contributed by atoms with E-state index in [1.807, 2.05) is 39.5 Å². The third-order valence-electron chi connectivity index (χ3n) is 4.25. The van der Waals surface area contributed by atoms with E-state index in [0.717, 1.165) is 32.4 Å². The summed E-state index contributed by atoms with van der Waals surface area (Å²) in [6, 6.07) is 0. The molecule has 1 amide bonds. The number of carbonyl (C=O) groups excluding carboxylic acids is 1. The Morgan fingerprint density at radius 3 is 2.30 bits per heavy atom. The average molecular weight is 285 g/mol. The van der Waals surface area contributed by atoms with Gasteiger partial charge < -0.3 is 14.7 Å². The molecule has 0 aromatic carbocycles. The third-order valence-corrected chi connectivity index (χ3v) is 4.25. The number of carbonyl (C=O) groups is 1. The van der Waals surface area contributed by atoms with Crippen molar-refractivity contribution in [3.05, 3.63) is 0 Å². The first-order valence-corrected chi connectivity index (χ1v) is 7.95. The molecule has 0 bridgehead atoms. The Balaban J connectivity index is 0.000000956. The highest BCUT2D eigenvalue weighted by atomic mass is 16.6. The highest BCUT2D eigenvalue weighted by molar-refractivity contribution is 5.68. The molecule has 2 fully saturated rings. The second kappa shape index (κ2) is 6.79. The zero-order valence-electron chi connectivity index (χ0n) is 13.7. The highest BCUT2D eigenvalue weighted by Gasteiger charge is 2.54. The van der Waals surface area contributed by atoms with Gasteiger partial charge in [-0.05, 0) is 57.8 Å². The standard InChI is InChI=1S/C14H25NO3.C2H6/c1-13(2,3)18-12(17)15-7-5-14(6-8-15)10-11(14)4-9-16;1-2/h11,16H,4-10H2,1-3H3;1-2H3. The smallest absolute Gasteiger partial charge is 0.410 e. The van der Waals surface area contributed by atoms with Crippen LogP contribution in [0.3, 0.4) is 0 Å². The number of hydrogen-bond acceptors (Lipinski definition) is 3. The van der Waals surface area contributed by atoms with E-state index in [9.17, 15) is 4.79 Å². The highest BCUT2D eigenvalue weighted by Crippen LogP contribution is 2.60. The minimum Gasteiger partial charge on any atom is -0.444 e. The van der Waals surface area contributed by atoms with Gasteiger partial charge in [0.05, 0.1) is 0 Å². The molecule has 1 saturated carbocycles. The van der Waals surface area contributed by atoms with Crippen molar-refractivity contribution in [3.63, 3.8) is 0 Å². The molecule has 1 spiro atoms. The van der Waals surface area contributed by atoms with Gasteiger partial charge in [0, 0.05) is 19.7 Å². The summed E-state index contributed by atoms with van der Waals surface area (Å²) in [6.45, 7) is 11.6. The Hall–Kier alpha value is -0.770. The van der Waals surface area contributed by atoms with Crippen molar-refractivity contribution >= 4 is 6.09 Å². The van der Waals surface area contributed by atoms with Crippen LogP contribution in [0.1, 0.15) is 60.3 Å². The van der Waals surface area contributed by atoms with Gasteiger partial charge in [0.15, 0.2) is 0 Å². The van der Waals surface area contributed by atoms with Crippen LogP contribution in [0.15, 0.2) is 0 Å². The van der Waals surface area contributed by atoms with E-state index in [2.05, 4.69) is 0 Å². The summed E-state index contributed by atoms with van der Waals surface area (Å²) in [7, 11) is 0. The number of aliphatic hydroxyl groups is 1. The molecule has 0 aromatic heterocycles. The number of ether oxygens (including phenoxy) is 1. The van der Waals surface area contributed by atoms with E-state index in [4.69, 9.17) is 9.84 Å². The topological polar surface area (TPSA) is 49.8 Å². The maximum Gasteiger partial charge on any atom is 0.410 e. The lowest BCUT2D eigenvalue weighted by atomic mass is 9.90. The van der Waals surface area contributed by atoms with Crippen LogP contribution in [0.5, 0.6) is 0 Å². The van der Waals surface area contributed by atoms with Crippen LogP contribution in [0.25, 0.3) is 0 Å². The molecule has 2 aliphatic rings. The van der Waals surface area contributed by atoms with E-state index in [1.54, 1.807) is 0 Å². The normalized spacial score (nSPS) is 23.9. The molecule has 1 saturated heterocycles. The molecule has 1 atom stereocenters. The van der Waals surface area contributed by atoms with Crippen LogP contribution in [0.2, 0.25) is 0 Å². The molecule has 1 aliphatic carbocycles. The molecule has 0 radical (unpaired) electrons. The van der Waals surface area contributed by atoms with Crippen LogP contribution >= 0.6 is 0 Å². The molecule has 4 heteroatoms. The molecule has 2 rings (SSSR count). The number of piperidine rings is 1. The van der Waals surface area contributed by atoms with Crippen molar-refractivity contribution in [2.24, 2.45) is 11.3 Å². The number of nitrogens with zero attached hydrogens (tertiary/aromatic N) is 1. The van der Waals surface area contributed by atoms with Gasteiger partial charge in [0.2, 0.25) is 0 Å². The fraction of sp³-hybridized carbons (Fsp3) is 0.938. The molecule has 1 aliphatic heterocycles. The number of likely N-dealkylation sites (tertiary alicyclic amines) is 1. The Bertz CT molecular complexity index is 314. The summed E-state index contributed by atoms with van der Waals surface area (Å²) in [5.41, 5.74) is 0.0203. The Kier molecular flexibility index (Phi) is 5.87. The van der Waals surface area contributed by atoms with Crippen LogP contribution in [-0.2, 0) is 4.74 Å². The third kappa shape index (κ3) is 4.37. The molecule has 1 heterocycles. The van der Waals surface area contributed by atoms with Gasteiger partial charge in [-0.2, -0.15) is 0 Å². The molecular formula is C16H31NO3. The van der Waals surface area contributed by atoms with Crippen LogP contribution in [-0.4, -0.2) is 41.4 Å². The molecular weight excluding hydrogens is 254 g/mol. The Morgan fingerprint density at radius 1 is 1.30 bits per heavy atom. The Labute approximate surface area is 123 Å². The SMILES string of the molecule is CC.CC(C)(C)OC(=O)N1CCC2(CC1)CC2CCO. The van der Waals surface area contributed by atoms with Gasteiger partial charge in [0.25, 0.3) is 0 Å². The summed E-state index contributed by atoms with van der Waals surface area (Å²) in [6.07, 6.45) is 4.10. The second-order valence-electron chi connectivity index (χ2n) is 6.74. The maximum absolute atomic E-state index is 11.9. The molecule has 118 valence electrons. The Morgan fingerprint density at radius 2 is 1.85 bits per heavy atom. The fourth-order valence-electron chi connectivity index (χ4n) is 3.07.